The Labute approximate surface area is 122 Å². The van der Waals surface area contributed by atoms with E-state index in [0.29, 0.717) is 6.54 Å². The van der Waals surface area contributed by atoms with Gasteiger partial charge in [0.25, 0.3) is 5.91 Å². The number of rotatable bonds is 3. The topological polar surface area (TPSA) is 33.5 Å². The van der Waals surface area contributed by atoms with Crippen molar-refractivity contribution in [3.8, 4) is 0 Å². The zero-order valence-electron chi connectivity index (χ0n) is 10.5. The molecule has 3 nitrogen and oxygen atoms in total. The maximum atomic E-state index is 11.9. The number of benzene rings is 1. The maximum Gasteiger partial charge on any atom is 0.279 e. The van der Waals surface area contributed by atoms with Crippen LogP contribution < -0.4 is 10.2 Å². The van der Waals surface area contributed by atoms with Crippen molar-refractivity contribution in [3.05, 3.63) is 27.8 Å². The van der Waals surface area contributed by atoms with Gasteiger partial charge >= 0.3 is 0 Å². The predicted octanol–water partition coefficient (Wildman–Crippen LogP) is 1.69. The van der Waals surface area contributed by atoms with Gasteiger partial charge in [0.15, 0.2) is 6.54 Å². The zero-order chi connectivity index (χ0) is 12.8. The van der Waals surface area contributed by atoms with Crippen molar-refractivity contribution in [2.24, 2.45) is 0 Å². The third kappa shape index (κ3) is 4.57. The number of quaternary nitrogens is 1. The Morgan fingerprint density at radius 3 is 2.33 bits per heavy atom. The lowest BCUT2D eigenvalue weighted by atomic mass is 10.2. The average molecular weight is 359 g/mol. The van der Waals surface area contributed by atoms with Gasteiger partial charge in [-0.1, -0.05) is 0 Å². The summed E-state index contributed by atoms with van der Waals surface area (Å²) in [5.74, 6) is 0.133. The third-order valence-electron chi connectivity index (χ3n) is 3.35. The Bertz CT molecular complexity index is 383. The number of anilines is 1. The highest BCUT2D eigenvalue weighted by molar-refractivity contribution is 14.1. The Kier molecular flexibility index (Phi) is 5.44. The molecule has 4 heteroatoms. The second-order valence-corrected chi connectivity index (χ2v) is 6.14. The molecule has 1 fully saturated rings. The molecule has 0 saturated carbocycles. The Morgan fingerprint density at radius 2 is 1.72 bits per heavy atom. The van der Waals surface area contributed by atoms with Crippen LogP contribution in [-0.2, 0) is 4.79 Å². The van der Waals surface area contributed by atoms with Crippen LogP contribution in [0.25, 0.3) is 0 Å². The van der Waals surface area contributed by atoms with Gasteiger partial charge in [-0.25, -0.2) is 0 Å². The van der Waals surface area contributed by atoms with E-state index in [0.717, 1.165) is 18.8 Å². The lowest BCUT2D eigenvalue weighted by Crippen LogP contribution is -3.12. The van der Waals surface area contributed by atoms with Gasteiger partial charge in [-0.15, -0.1) is 0 Å². The summed E-state index contributed by atoms with van der Waals surface area (Å²) < 4.78 is 1.18. The Hall–Kier alpha value is -0.620. The monoisotopic (exact) mass is 359 g/mol. The summed E-state index contributed by atoms with van der Waals surface area (Å²) in [5.41, 5.74) is 0.898. The van der Waals surface area contributed by atoms with Gasteiger partial charge in [-0.05, 0) is 72.5 Å². The van der Waals surface area contributed by atoms with Crippen LogP contribution in [0, 0.1) is 3.57 Å². The minimum atomic E-state index is 0.133. The molecule has 1 amide bonds. The molecule has 0 spiro atoms. The first kappa shape index (κ1) is 13.8. The lowest BCUT2D eigenvalue weighted by molar-refractivity contribution is -0.890. The molecule has 2 N–H and O–H groups in total. The van der Waals surface area contributed by atoms with Gasteiger partial charge in [0.2, 0.25) is 0 Å². The van der Waals surface area contributed by atoms with Crippen LogP contribution in [0.4, 0.5) is 5.69 Å². The Morgan fingerprint density at radius 1 is 1.11 bits per heavy atom. The molecule has 1 aliphatic rings. The van der Waals surface area contributed by atoms with Crippen LogP contribution in [0.1, 0.15) is 25.7 Å². The SMILES string of the molecule is O=C(C[NH+]1CCCCCC1)Nc1ccc(I)cc1. The van der Waals surface area contributed by atoms with E-state index in [1.807, 2.05) is 24.3 Å². The molecule has 0 unspecified atom stereocenters. The van der Waals surface area contributed by atoms with Gasteiger partial charge in [-0.3, -0.25) is 4.79 Å². The van der Waals surface area contributed by atoms with E-state index in [2.05, 4.69) is 27.9 Å². The fourth-order valence-corrected chi connectivity index (χ4v) is 2.73. The number of nitrogens with one attached hydrogen (secondary N) is 2. The van der Waals surface area contributed by atoms with Crippen LogP contribution in [0.5, 0.6) is 0 Å². The summed E-state index contributed by atoms with van der Waals surface area (Å²) in [7, 11) is 0. The van der Waals surface area contributed by atoms with Crippen molar-refractivity contribution in [1.82, 2.24) is 0 Å². The first-order chi connectivity index (χ1) is 8.74. The number of hydrogen-bond donors (Lipinski definition) is 2. The molecule has 1 aromatic carbocycles. The number of carbonyl (C=O) groups excluding carboxylic acids is 1. The first-order valence-electron chi connectivity index (χ1n) is 6.63. The van der Waals surface area contributed by atoms with Gasteiger partial charge in [0.1, 0.15) is 0 Å². The van der Waals surface area contributed by atoms with Crippen molar-refractivity contribution < 1.29 is 9.69 Å². The summed E-state index contributed by atoms with van der Waals surface area (Å²) in [6, 6.07) is 7.93. The quantitative estimate of drug-likeness (QED) is 0.792. The van der Waals surface area contributed by atoms with Crippen molar-refractivity contribution in [2.45, 2.75) is 25.7 Å². The fourth-order valence-electron chi connectivity index (χ4n) is 2.37. The smallest absolute Gasteiger partial charge is 0.279 e. The van der Waals surface area contributed by atoms with Crippen LogP contribution in [0.3, 0.4) is 0 Å². The number of hydrogen-bond acceptors (Lipinski definition) is 1. The minimum absolute atomic E-state index is 0.133. The molecule has 1 heterocycles. The average Bonchev–Trinajstić information content (AvgIpc) is 2.61. The van der Waals surface area contributed by atoms with Crippen molar-refractivity contribution in [3.63, 3.8) is 0 Å². The van der Waals surface area contributed by atoms with Gasteiger partial charge < -0.3 is 10.2 Å². The fraction of sp³-hybridized carbons (Fsp3) is 0.500. The first-order valence-corrected chi connectivity index (χ1v) is 7.71. The molecule has 0 bridgehead atoms. The standard InChI is InChI=1S/C14H19IN2O/c15-12-5-7-13(8-6-12)16-14(18)11-17-9-3-1-2-4-10-17/h5-8H,1-4,9-11H2,(H,16,18)/p+1. The summed E-state index contributed by atoms with van der Waals surface area (Å²) >= 11 is 2.26. The molecule has 0 atom stereocenters. The molecule has 2 rings (SSSR count). The summed E-state index contributed by atoms with van der Waals surface area (Å²) in [5, 5.41) is 2.97. The molecule has 98 valence electrons. The van der Waals surface area contributed by atoms with Gasteiger partial charge in [-0.2, -0.15) is 0 Å². The molecule has 0 aliphatic carbocycles. The summed E-state index contributed by atoms with van der Waals surface area (Å²) in [4.78, 5) is 13.4. The number of halogens is 1. The second-order valence-electron chi connectivity index (χ2n) is 4.90. The van der Waals surface area contributed by atoms with E-state index in [1.54, 1.807) is 0 Å². The molecular formula is C14H20IN2O+. The van der Waals surface area contributed by atoms with Crippen molar-refractivity contribution >= 4 is 34.2 Å². The number of likely N-dealkylation sites (tertiary alicyclic amines) is 1. The van der Waals surface area contributed by atoms with Crippen LogP contribution >= 0.6 is 22.6 Å². The van der Waals surface area contributed by atoms with E-state index >= 15 is 0 Å². The molecule has 1 saturated heterocycles. The zero-order valence-corrected chi connectivity index (χ0v) is 12.7. The molecule has 0 radical (unpaired) electrons. The summed E-state index contributed by atoms with van der Waals surface area (Å²) in [6.45, 7) is 2.88. The van der Waals surface area contributed by atoms with Gasteiger partial charge in [0.05, 0.1) is 13.1 Å². The Balaban J connectivity index is 1.82. The number of carbonyl (C=O) groups is 1. The van der Waals surface area contributed by atoms with Crippen LogP contribution in [0.2, 0.25) is 0 Å². The van der Waals surface area contributed by atoms with E-state index < -0.39 is 0 Å². The highest BCUT2D eigenvalue weighted by Crippen LogP contribution is 2.10. The van der Waals surface area contributed by atoms with Crippen LogP contribution in [0.15, 0.2) is 24.3 Å². The highest BCUT2D eigenvalue weighted by Gasteiger charge is 2.16. The molecule has 18 heavy (non-hydrogen) atoms. The molecular weight excluding hydrogens is 339 g/mol. The normalized spacial score (nSPS) is 17.2. The van der Waals surface area contributed by atoms with Crippen molar-refractivity contribution in [2.75, 3.05) is 25.0 Å². The third-order valence-corrected chi connectivity index (χ3v) is 4.07. The maximum absolute atomic E-state index is 11.9. The summed E-state index contributed by atoms with van der Waals surface area (Å²) in [6.07, 6.45) is 5.16. The number of amides is 1. The highest BCUT2D eigenvalue weighted by atomic mass is 127. The molecule has 0 aromatic heterocycles. The van der Waals surface area contributed by atoms with Gasteiger partial charge in [0, 0.05) is 9.26 Å². The van der Waals surface area contributed by atoms with E-state index in [9.17, 15) is 4.79 Å². The molecule has 1 aromatic rings. The van der Waals surface area contributed by atoms with E-state index in [-0.39, 0.29) is 5.91 Å². The van der Waals surface area contributed by atoms with E-state index in [4.69, 9.17) is 0 Å². The largest absolute Gasteiger partial charge is 0.327 e. The minimum Gasteiger partial charge on any atom is -0.327 e. The van der Waals surface area contributed by atoms with E-state index in [1.165, 1.54) is 34.2 Å². The predicted molar refractivity (Wildman–Crippen MR) is 81.8 cm³/mol. The van der Waals surface area contributed by atoms with Crippen molar-refractivity contribution in [1.29, 1.82) is 0 Å². The lowest BCUT2D eigenvalue weighted by Gasteiger charge is -2.16. The molecule has 1 aliphatic heterocycles. The van der Waals surface area contributed by atoms with Crippen LogP contribution in [-0.4, -0.2) is 25.5 Å². The second kappa shape index (κ2) is 7.09.